The summed E-state index contributed by atoms with van der Waals surface area (Å²) in [6.45, 7) is 39.2. The summed E-state index contributed by atoms with van der Waals surface area (Å²) in [7, 11) is 0. The van der Waals surface area contributed by atoms with Crippen LogP contribution in [0, 0.1) is 33.6 Å². The number of amides is 8. The van der Waals surface area contributed by atoms with Gasteiger partial charge in [0.1, 0.15) is 46.0 Å². The number of likely N-dealkylation sites (tertiary alicyclic amines) is 2. The molecular weight excluding hydrogens is 1800 g/mol. The first-order valence-corrected chi connectivity index (χ1v) is 51.6. The van der Waals surface area contributed by atoms with Crippen LogP contribution in [0.2, 0.25) is 0 Å². The monoisotopic (exact) mass is 1940 g/mol. The summed E-state index contributed by atoms with van der Waals surface area (Å²) in [5.41, 5.74) is 4.02. The molecule has 6 saturated heterocycles. The summed E-state index contributed by atoms with van der Waals surface area (Å²) >= 11 is 4.81. The van der Waals surface area contributed by atoms with Crippen molar-refractivity contribution in [3.8, 4) is 41.8 Å². The Kier molecular flexibility index (Phi) is 32.8. The van der Waals surface area contributed by atoms with E-state index < -0.39 is 34.2 Å². The van der Waals surface area contributed by atoms with Crippen LogP contribution in [0.5, 0.6) is 0 Å². The second-order valence-electron chi connectivity index (χ2n) is 42.1. The molecule has 8 aromatic rings. The van der Waals surface area contributed by atoms with Gasteiger partial charge in [0.05, 0.1) is 41.9 Å². The van der Waals surface area contributed by atoms with Gasteiger partial charge in [0, 0.05) is 146 Å². The van der Waals surface area contributed by atoms with Gasteiger partial charge in [-0.1, -0.05) is 12.8 Å². The van der Waals surface area contributed by atoms with Crippen molar-refractivity contribution >= 4 is 116 Å². The number of aryl methyl sites for hydroxylation is 4. The largest absolute Gasteiger partial charge is 0.389 e. The summed E-state index contributed by atoms with van der Waals surface area (Å²) in [4.78, 5) is 153. The molecule has 12 N–H and O–H groups in total. The Morgan fingerprint density at radius 2 is 0.676 bits per heavy atom. The van der Waals surface area contributed by atoms with E-state index in [0.29, 0.717) is 62.0 Å². The number of rotatable bonds is 28. The molecule has 4 bridgehead atoms. The Labute approximate surface area is 815 Å². The Morgan fingerprint density at radius 1 is 0.382 bits per heavy atom. The van der Waals surface area contributed by atoms with Gasteiger partial charge in [0.25, 0.3) is 47.3 Å². The molecule has 8 amide bonds. The SMILES string of the molecule is Cc1cc(NC(C)(C)C)ncc1-c1sc(C(=O)NCC(C)(C)O)nc1C(=O)N1CCC[C@@H]1C.Cc1cc(NC(C)C)ncc1-c1sc(C(=O)NCC(C)(C)O)nc1C(=O)N1CCCC[C@@H]1C.Cc1cc(NC2CCCC2)ncc1-c1sc(C(=O)NCC(C)(C)O)nc1C(=O)N1C2CCC1CC2.Cc1cc(N[C@@H](C)C2CC2)ncc1-c1sc(C(=O)NCC(C)(C)O)nc1C(=O)N1C2CCC1CC2. The number of pyridine rings is 4. The van der Waals surface area contributed by atoms with Crippen molar-refractivity contribution < 1.29 is 58.8 Å². The number of hydrogen-bond donors (Lipinski definition) is 12. The number of aromatic nitrogens is 8. The van der Waals surface area contributed by atoms with E-state index in [1.807, 2.05) is 92.3 Å². The fourth-order valence-corrected chi connectivity index (χ4v) is 22.7. The highest BCUT2D eigenvalue weighted by Crippen LogP contribution is 2.46. The van der Waals surface area contributed by atoms with E-state index in [4.69, 9.17) is 0 Å². The number of nitrogens with zero attached hydrogens (tertiary/aromatic N) is 12. The van der Waals surface area contributed by atoms with Gasteiger partial charge in [-0.2, -0.15) is 0 Å². The molecule has 0 radical (unpaired) electrons. The first-order valence-electron chi connectivity index (χ1n) is 48.3. The van der Waals surface area contributed by atoms with Gasteiger partial charge in [-0.25, -0.2) is 39.9 Å². The number of carbonyl (C=O) groups is 8. The minimum Gasteiger partial charge on any atom is -0.389 e. The zero-order valence-electron chi connectivity index (χ0n) is 82.6. The first-order chi connectivity index (χ1) is 64.0. The molecule has 0 aromatic carbocycles. The van der Waals surface area contributed by atoms with Crippen LogP contribution in [0.15, 0.2) is 49.1 Å². The summed E-state index contributed by atoms with van der Waals surface area (Å²) in [6, 6.07) is 10.4. The molecule has 6 aliphatic heterocycles. The standard InChI is InChI=1S/2C26H35N5O3S.2C24H35N5O3S/c1-14-11-20(29-15(2)16-5-6-16)27-12-19(14)22-21(25(33)31-17-7-8-18(31)10-9-17)30-24(35-22)23(32)28-13-26(3,4)34;1-15-12-20(29-16-6-4-5-7-16)27-13-19(15)22-21(25(33)31-17-8-9-18(31)11-10-17)30-24(35-22)23(32)28-14-26(2,3)34;1-14-11-17(28-23(3,4)5)25-12-16(14)19-18(22(31)29-10-8-9-15(29)2)27-21(33-19)20(30)26-13-24(6,7)32;1-14(2)27-18-11-15(3)17(12-25-18)20-19(23(31)29-10-8-7-9-16(29)4)28-22(33-20)21(30)26-13-24(5,6)32/h11-12,15-18,34H,5-10,13H2,1-4H3,(H,27,29)(H,28,32);12-13,16-18,34H,4-11,14H2,1-3H3,(H,27,29)(H,28,32);11-12,15,32H,8-10,13H2,1-7H3,(H,25,28)(H,26,30);11-12,14,16,32H,7-10,13H2,1-6H3,(H,25,27)(H,26,30)/t15-,17?,18?;;15-;16-/m0.00/s1. The van der Waals surface area contributed by atoms with Gasteiger partial charge >= 0.3 is 0 Å². The highest BCUT2D eigenvalue weighted by molar-refractivity contribution is 7.18. The van der Waals surface area contributed by atoms with E-state index in [2.05, 4.69) is 117 Å². The van der Waals surface area contributed by atoms with E-state index in [9.17, 15) is 58.8 Å². The minimum atomic E-state index is -1.05. The summed E-state index contributed by atoms with van der Waals surface area (Å²) < 4.78 is 0. The van der Waals surface area contributed by atoms with Crippen LogP contribution in [0.25, 0.3) is 41.8 Å². The lowest BCUT2D eigenvalue weighted by Gasteiger charge is -2.33. The second-order valence-corrected chi connectivity index (χ2v) is 46.1. The quantitative estimate of drug-likeness (QED) is 0.0217. The van der Waals surface area contributed by atoms with E-state index in [0.717, 1.165) is 164 Å². The Morgan fingerprint density at radius 3 is 0.978 bits per heavy atom. The lowest BCUT2D eigenvalue weighted by Crippen LogP contribution is -2.42. The molecule has 136 heavy (non-hydrogen) atoms. The van der Waals surface area contributed by atoms with Crippen LogP contribution in [0.3, 0.4) is 0 Å². The third-order valence-corrected chi connectivity index (χ3v) is 30.2. The van der Waals surface area contributed by atoms with Crippen LogP contribution in [0.4, 0.5) is 23.3 Å². The zero-order valence-corrected chi connectivity index (χ0v) is 85.9. The van der Waals surface area contributed by atoms with Crippen LogP contribution in [-0.4, -0.2) is 249 Å². The molecular formula is C100H140N20O12S4. The average molecular weight is 1940 g/mol. The summed E-state index contributed by atoms with van der Waals surface area (Å²) in [5, 5.41) is 65.3. The maximum absolute atomic E-state index is 13.7. The van der Waals surface area contributed by atoms with Crippen LogP contribution in [-0.2, 0) is 0 Å². The van der Waals surface area contributed by atoms with Crippen molar-refractivity contribution in [1.29, 1.82) is 0 Å². The molecule has 0 spiro atoms. The van der Waals surface area contributed by atoms with Gasteiger partial charge in [0.2, 0.25) is 0 Å². The van der Waals surface area contributed by atoms with E-state index in [1.165, 1.54) is 71.0 Å². The van der Waals surface area contributed by atoms with Crippen molar-refractivity contribution in [2.75, 3.05) is 60.5 Å². The number of carbonyl (C=O) groups excluding carboxylic acids is 8. The van der Waals surface area contributed by atoms with E-state index in [1.54, 1.807) is 80.2 Å². The predicted molar refractivity (Wildman–Crippen MR) is 537 cm³/mol. The highest BCUT2D eigenvalue weighted by Gasteiger charge is 2.47. The number of aliphatic hydroxyl groups is 4. The molecule has 16 rings (SSSR count). The Balaban J connectivity index is 0.000000153. The minimum absolute atomic E-state index is 0.0843. The molecule has 3 atom stereocenters. The number of anilines is 4. The zero-order chi connectivity index (χ0) is 98.5. The number of nitrogens with one attached hydrogen (secondary N) is 8. The lowest BCUT2D eigenvalue weighted by molar-refractivity contribution is 0.0628. The topological polar surface area (TPSA) is 430 Å². The molecule has 8 aliphatic rings. The van der Waals surface area contributed by atoms with Crippen molar-refractivity contribution in [2.24, 2.45) is 5.92 Å². The summed E-state index contributed by atoms with van der Waals surface area (Å²) in [5.74, 6) is 1.81. The molecule has 36 heteroatoms. The number of thiazole rings is 4. The van der Waals surface area contributed by atoms with Gasteiger partial charge in [-0.15, -0.1) is 45.3 Å². The third-order valence-electron chi connectivity index (χ3n) is 25.8. The average Bonchev–Trinajstić information content (AvgIpc) is 1.61. The van der Waals surface area contributed by atoms with Crippen LogP contribution < -0.4 is 42.5 Å². The van der Waals surface area contributed by atoms with Crippen molar-refractivity contribution in [1.82, 2.24) is 80.7 Å². The molecule has 8 aromatic heterocycles. The lowest BCUT2D eigenvalue weighted by atomic mass is 10.0. The Bertz CT molecular complexity index is 5460. The maximum Gasteiger partial charge on any atom is 0.280 e. The number of hydrogen-bond acceptors (Lipinski definition) is 28. The van der Waals surface area contributed by atoms with Crippen molar-refractivity contribution in [3.05, 3.63) is 114 Å². The molecule has 14 heterocycles. The predicted octanol–water partition coefficient (Wildman–Crippen LogP) is 15.8. The maximum atomic E-state index is 13.7. The van der Waals surface area contributed by atoms with Crippen molar-refractivity contribution in [2.45, 2.75) is 343 Å². The molecule has 32 nitrogen and oxygen atoms in total. The Hall–Kier alpha value is -10.1. The molecule has 8 fully saturated rings. The molecule has 2 aliphatic carbocycles. The van der Waals surface area contributed by atoms with Gasteiger partial charge in [-0.3, -0.25) is 38.4 Å². The van der Waals surface area contributed by atoms with Crippen LogP contribution in [0.1, 0.15) is 336 Å². The second kappa shape index (κ2) is 43.1. The fourth-order valence-electron chi connectivity index (χ4n) is 18.5. The van der Waals surface area contributed by atoms with Gasteiger partial charge < -0.3 is 82.6 Å². The van der Waals surface area contributed by atoms with E-state index in [-0.39, 0.29) is 141 Å². The fraction of sp³-hybridized carbons (Fsp3) is 0.600. The number of piperidine rings is 1. The van der Waals surface area contributed by atoms with Crippen molar-refractivity contribution in [3.63, 3.8) is 0 Å². The normalized spacial score (nSPS) is 19.6. The van der Waals surface area contributed by atoms with Gasteiger partial charge in [-0.05, 0) is 300 Å². The molecule has 736 valence electrons. The molecule has 0 unspecified atom stereocenters. The first kappa shape index (κ1) is 103. The highest BCUT2D eigenvalue weighted by atomic mass is 32.1. The van der Waals surface area contributed by atoms with Crippen LogP contribution >= 0.6 is 45.3 Å². The third kappa shape index (κ3) is 26.5. The molecule has 2 saturated carbocycles. The van der Waals surface area contributed by atoms with E-state index >= 15 is 0 Å². The summed E-state index contributed by atoms with van der Waals surface area (Å²) in [6.07, 6.45) is 27.6. The van der Waals surface area contributed by atoms with Gasteiger partial charge in [0.15, 0.2) is 20.0 Å². The smallest absolute Gasteiger partial charge is 0.280 e. The number of fused-ring (bicyclic) bond motifs is 4.